The summed E-state index contributed by atoms with van der Waals surface area (Å²) in [7, 11) is 0. The highest BCUT2D eigenvalue weighted by Gasteiger charge is 2.05. The van der Waals surface area contributed by atoms with E-state index in [0.717, 1.165) is 77.4 Å². The van der Waals surface area contributed by atoms with Gasteiger partial charge in [0.05, 0.1) is 13.1 Å². The summed E-state index contributed by atoms with van der Waals surface area (Å²) >= 11 is 0. The molecular weight excluding hydrogens is 570 g/mol. The minimum Gasteiger partial charge on any atom is -0.481 e. The molecule has 0 atom stereocenters. The molecule has 0 bridgehead atoms. The molecule has 0 fully saturated rings. The summed E-state index contributed by atoms with van der Waals surface area (Å²) in [6.07, 6.45) is 37.0. The van der Waals surface area contributed by atoms with E-state index in [1.807, 2.05) is 0 Å². The quantitative estimate of drug-likeness (QED) is 0.0483. The number of imidazole rings is 1. The summed E-state index contributed by atoms with van der Waals surface area (Å²) in [5, 5.41) is 11.7. The fraction of sp³-hybridized carbons (Fsp3) is 0.775. The number of aryl methyl sites for hydroxylation is 2. The van der Waals surface area contributed by atoms with Gasteiger partial charge in [0, 0.05) is 38.6 Å². The number of hydrogen-bond donors (Lipinski definition) is 2. The molecule has 1 aromatic heterocycles. The number of nitrogens with zero attached hydrogens (tertiary/aromatic N) is 2. The van der Waals surface area contributed by atoms with Crippen LogP contribution in [0.2, 0.25) is 0 Å². The van der Waals surface area contributed by atoms with Crippen molar-refractivity contribution in [3.05, 3.63) is 18.7 Å². The zero-order valence-corrected chi connectivity index (χ0v) is 29.6. The normalized spacial score (nSPS) is 10.6. The summed E-state index contributed by atoms with van der Waals surface area (Å²) in [6, 6.07) is 0. The first-order chi connectivity index (χ1) is 22.6. The van der Waals surface area contributed by atoms with Crippen LogP contribution in [0, 0.1) is 23.7 Å². The summed E-state index contributed by atoms with van der Waals surface area (Å²) in [5.74, 6) is 11.9. The number of carboxylic acids is 1. The smallest absolute Gasteiger partial charge is 0.303 e. The van der Waals surface area contributed by atoms with Crippen LogP contribution < -0.4 is 9.88 Å². The molecule has 260 valence electrons. The van der Waals surface area contributed by atoms with E-state index < -0.39 is 5.97 Å². The van der Waals surface area contributed by atoms with Crippen molar-refractivity contribution in [3.8, 4) is 23.7 Å². The number of rotatable bonds is 31. The Morgan fingerprint density at radius 2 is 1.15 bits per heavy atom. The van der Waals surface area contributed by atoms with Gasteiger partial charge in [-0.1, -0.05) is 121 Å². The molecule has 46 heavy (non-hydrogen) atoms. The molecule has 0 aliphatic rings. The van der Waals surface area contributed by atoms with E-state index in [0.29, 0.717) is 12.8 Å². The number of hydrogen-bond acceptors (Lipinski definition) is 2. The van der Waals surface area contributed by atoms with Crippen molar-refractivity contribution in [2.75, 3.05) is 6.54 Å². The Morgan fingerprint density at radius 3 is 1.72 bits per heavy atom. The van der Waals surface area contributed by atoms with Gasteiger partial charge in [0.25, 0.3) is 0 Å². The molecule has 0 saturated heterocycles. The molecule has 1 heterocycles. The Balaban J connectivity index is 1.87. The lowest BCUT2D eigenvalue weighted by Crippen LogP contribution is -2.34. The largest absolute Gasteiger partial charge is 0.481 e. The lowest BCUT2D eigenvalue weighted by atomic mass is 10.1. The van der Waals surface area contributed by atoms with Crippen molar-refractivity contribution in [1.29, 1.82) is 0 Å². The number of carboxylic acid groups (broad SMARTS) is 1. The maximum Gasteiger partial charge on any atom is 0.303 e. The van der Waals surface area contributed by atoms with Crippen molar-refractivity contribution in [2.24, 2.45) is 0 Å². The first-order valence-corrected chi connectivity index (χ1v) is 19.1. The van der Waals surface area contributed by atoms with Crippen LogP contribution in [0.3, 0.4) is 0 Å². The number of carbonyl (C=O) groups is 2. The predicted octanol–water partition coefficient (Wildman–Crippen LogP) is 9.54. The molecule has 0 aromatic carbocycles. The van der Waals surface area contributed by atoms with Crippen LogP contribution in [0.5, 0.6) is 0 Å². The number of unbranched alkanes of at least 4 members (excludes halogenated alkanes) is 21. The first-order valence-electron chi connectivity index (χ1n) is 19.1. The average Bonchev–Trinajstić information content (AvgIpc) is 3.50. The molecule has 0 aliphatic carbocycles. The Kier molecular flexibility index (Phi) is 28.9. The second-order valence-corrected chi connectivity index (χ2v) is 13.0. The van der Waals surface area contributed by atoms with Crippen LogP contribution in [0.4, 0.5) is 0 Å². The fourth-order valence-corrected chi connectivity index (χ4v) is 5.68. The van der Waals surface area contributed by atoms with Gasteiger partial charge in [-0.3, -0.25) is 9.59 Å². The van der Waals surface area contributed by atoms with Crippen LogP contribution in [0.15, 0.2) is 18.7 Å². The molecule has 1 aromatic rings. The van der Waals surface area contributed by atoms with E-state index in [1.165, 1.54) is 103 Å². The Morgan fingerprint density at radius 1 is 0.652 bits per heavy atom. The summed E-state index contributed by atoms with van der Waals surface area (Å²) in [5.41, 5.74) is 0. The highest BCUT2D eigenvalue weighted by atomic mass is 16.4. The van der Waals surface area contributed by atoms with Gasteiger partial charge in [0.1, 0.15) is 12.4 Å². The standard InChI is InChI=1S/C40H67N3O3/c1-2-3-4-5-6-7-8-9-10-11-12-13-14-15-16-17-18-21-24-27-31-39(44)41-33-30-35-43-37-36-42(38-43)34-29-26-23-20-19-22-25-28-32-40(45)46/h36-38H,2-10,15-35H2,1H3,(H-,41,44,45,46)/p+1. The van der Waals surface area contributed by atoms with Crippen molar-refractivity contribution in [3.63, 3.8) is 0 Å². The average molecular weight is 639 g/mol. The maximum atomic E-state index is 12.2. The predicted molar refractivity (Wildman–Crippen MR) is 191 cm³/mol. The monoisotopic (exact) mass is 639 g/mol. The van der Waals surface area contributed by atoms with E-state index >= 15 is 0 Å². The third-order valence-corrected chi connectivity index (χ3v) is 8.57. The second-order valence-electron chi connectivity index (χ2n) is 13.0. The third-order valence-electron chi connectivity index (χ3n) is 8.57. The van der Waals surface area contributed by atoms with Gasteiger partial charge in [0.2, 0.25) is 12.2 Å². The lowest BCUT2D eigenvalue weighted by Gasteiger charge is -2.04. The van der Waals surface area contributed by atoms with Crippen LogP contribution in [0.25, 0.3) is 0 Å². The van der Waals surface area contributed by atoms with Gasteiger partial charge >= 0.3 is 5.97 Å². The number of carbonyl (C=O) groups excluding carboxylic acids is 1. The summed E-state index contributed by atoms with van der Waals surface area (Å²) in [4.78, 5) is 22.7. The Bertz CT molecular complexity index is 995. The SMILES string of the molecule is CCCCCCCCCCC#CC#CCCCCCCCCC(=O)NCCC[n+]1ccn(CCCCCCCCCCC(=O)O)c1. The Hall–Kier alpha value is -2.73. The molecule has 6 nitrogen and oxygen atoms in total. The van der Waals surface area contributed by atoms with Gasteiger partial charge < -0.3 is 10.4 Å². The molecule has 1 amide bonds. The van der Waals surface area contributed by atoms with Crippen LogP contribution >= 0.6 is 0 Å². The van der Waals surface area contributed by atoms with Crippen LogP contribution in [-0.4, -0.2) is 28.1 Å². The molecule has 0 unspecified atom stereocenters. The summed E-state index contributed by atoms with van der Waals surface area (Å²) < 4.78 is 4.47. The summed E-state index contributed by atoms with van der Waals surface area (Å²) in [6.45, 7) is 4.97. The Labute approximate surface area is 282 Å². The third kappa shape index (κ3) is 28.7. The van der Waals surface area contributed by atoms with E-state index in [9.17, 15) is 9.59 Å². The molecule has 6 heteroatoms. The molecule has 0 radical (unpaired) electrons. The molecule has 0 aliphatic heterocycles. The van der Waals surface area contributed by atoms with E-state index in [-0.39, 0.29) is 5.91 Å². The number of amides is 1. The molecule has 1 rings (SSSR count). The maximum absolute atomic E-state index is 12.2. The zero-order chi connectivity index (χ0) is 33.2. The van der Waals surface area contributed by atoms with Gasteiger partial charge in [-0.15, -0.1) is 0 Å². The van der Waals surface area contributed by atoms with Gasteiger partial charge in [-0.25, -0.2) is 9.13 Å². The van der Waals surface area contributed by atoms with E-state index in [1.54, 1.807) is 0 Å². The lowest BCUT2D eigenvalue weighted by molar-refractivity contribution is -0.696. The number of aromatic nitrogens is 2. The van der Waals surface area contributed by atoms with E-state index in [4.69, 9.17) is 5.11 Å². The molecule has 0 saturated carbocycles. The second kappa shape index (κ2) is 32.2. The van der Waals surface area contributed by atoms with Gasteiger partial charge in [0.15, 0.2) is 0 Å². The van der Waals surface area contributed by atoms with Crippen LogP contribution in [-0.2, 0) is 22.7 Å². The van der Waals surface area contributed by atoms with Crippen molar-refractivity contribution >= 4 is 11.9 Å². The highest BCUT2D eigenvalue weighted by molar-refractivity contribution is 5.75. The number of aliphatic carboxylic acids is 1. The van der Waals surface area contributed by atoms with Gasteiger partial charge in [-0.05, 0) is 50.4 Å². The van der Waals surface area contributed by atoms with Crippen molar-refractivity contribution in [1.82, 2.24) is 9.88 Å². The van der Waals surface area contributed by atoms with E-state index in [2.05, 4.69) is 63.8 Å². The molecular formula is C40H68N3O3+. The first kappa shape index (κ1) is 41.3. The minimum absolute atomic E-state index is 0.182. The molecule has 2 N–H and O–H groups in total. The topological polar surface area (TPSA) is 75.2 Å². The van der Waals surface area contributed by atoms with Crippen molar-refractivity contribution < 1.29 is 19.3 Å². The molecule has 0 spiro atoms. The van der Waals surface area contributed by atoms with Gasteiger partial charge in [-0.2, -0.15) is 0 Å². The minimum atomic E-state index is -0.681. The zero-order valence-electron chi connectivity index (χ0n) is 29.6. The fourth-order valence-electron chi connectivity index (χ4n) is 5.68. The van der Waals surface area contributed by atoms with Crippen LogP contribution in [0.1, 0.15) is 180 Å². The number of nitrogens with one attached hydrogen (secondary N) is 1. The van der Waals surface area contributed by atoms with Crippen molar-refractivity contribution in [2.45, 2.75) is 193 Å². The highest BCUT2D eigenvalue weighted by Crippen LogP contribution is 2.11.